The van der Waals surface area contributed by atoms with E-state index in [1.165, 1.54) is 23.9 Å². The molecule has 3 nitrogen and oxygen atoms in total. The summed E-state index contributed by atoms with van der Waals surface area (Å²) in [6, 6.07) is 8.03. The van der Waals surface area contributed by atoms with Gasteiger partial charge in [-0.1, -0.05) is 0 Å². The summed E-state index contributed by atoms with van der Waals surface area (Å²) in [7, 11) is 1.79. The fourth-order valence-electron chi connectivity index (χ4n) is 1.50. The van der Waals surface area contributed by atoms with Crippen molar-refractivity contribution in [3.63, 3.8) is 0 Å². The maximum Gasteiger partial charge on any atom is 0.123 e. The number of benzene rings is 1. The van der Waals surface area contributed by atoms with E-state index < -0.39 is 6.10 Å². The van der Waals surface area contributed by atoms with E-state index in [9.17, 15) is 9.50 Å². The van der Waals surface area contributed by atoms with Crippen LogP contribution in [0.15, 0.2) is 41.4 Å². The van der Waals surface area contributed by atoms with Crippen LogP contribution in [-0.2, 0) is 7.05 Å². The number of hydrogen-bond donors (Lipinski definition) is 1. The maximum absolute atomic E-state index is 12.7. The number of halogens is 1. The van der Waals surface area contributed by atoms with E-state index >= 15 is 0 Å². The molecule has 90 valence electrons. The molecule has 5 heteroatoms. The molecule has 0 radical (unpaired) electrons. The highest BCUT2D eigenvalue weighted by atomic mass is 32.2. The average molecular weight is 252 g/mol. The Morgan fingerprint density at radius 3 is 2.65 bits per heavy atom. The van der Waals surface area contributed by atoms with Crippen molar-refractivity contribution in [1.82, 2.24) is 9.78 Å². The van der Waals surface area contributed by atoms with Crippen LogP contribution in [0.1, 0.15) is 11.8 Å². The normalized spacial score (nSPS) is 12.6. The molecule has 0 aliphatic heterocycles. The van der Waals surface area contributed by atoms with Crippen LogP contribution in [0, 0.1) is 5.82 Å². The molecule has 1 aromatic carbocycles. The van der Waals surface area contributed by atoms with Crippen LogP contribution >= 0.6 is 11.8 Å². The van der Waals surface area contributed by atoms with Gasteiger partial charge in [-0.3, -0.25) is 4.68 Å². The van der Waals surface area contributed by atoms with Gasteiger partial charge >= 0.3 is 0 Å². The molecular formula is C12H13FN2OS. The van der Waals surface area contributed by atoms with Gasteiger partial charge in [-0.2, -0.15) is 5.10 Å². The van der Waals surface area contributed by atoms with E-state index in [0.717, 1.165) is 10.6 Å². The quantitative estimate of drug-likeness (QED) is 0.849. The van der Waals surface area contributed by atoms with Crippen LogP contribution in [-0.4, -0.2) is 20.6 Å². The Labute approximate surface area is 103 Å². The van der Waals surface area contributed by atoms with Crippen LogP contribution in [0.4, 0.5) is 4.39 Å². The molecule has 0 amide bonds. The molecule has 0 aliphatic rings. The second kappa shape index (κ2) is 5.33. The molecule has 1 atom stereocenters. The fourth-order valence-corrected chi connectivity index (χ4v) is 2.35. The summed E-state index contributed by atoms with van der Waals surface area (Å²) < 4.78 is 14.3. The summed E-state index contributed by atoms with van der Waals surface area (Å²) in [5.41, 5.74) is 0.777. The molecule has 0 bridgehead atoms. The largest absolute Gasteiger partial charge is 0.386 e. The van der Waals surface area contributed by atoms with Crippen LogP contribution in [0.25, 0.3) is 0 Å². The van der Waals surface area contributed by atoms with E-state index in [1.807, 2.05) is 0 Å². The van der Waals surface area contributed by atoms with E-state index in [4.69, 9.17) is 0 Å². The third-order valence-corrected chi connectivity index (χ3v) is 3.51. The molecule has 2 aromatic rings. The van der Waals surface area contributed by atoms with Gasteiger partial charge in [-0.25, -0.2) is 4.39 Å². The lowest BCUT2D eigenvalue weighted by Crippen LogP contribution is -2.07. The van der Waals surface area contributed by atoms with Gasteiger partial charge in [0, 0.05) is 23.9 Å². The van der Waals surface area contributed by atoms with Crippen LogP contribution in [0.5, 0.6) is 0 Å². The predicted molar refractivity (Wildman–Crippen MR) is 65.3 cm³/mol. The van der Waals surface area contributed by atoms with Crippen molar-refractivity contribution in [2.45, 2.75) is 11.0 Å². The molecule has 0 saturated heterocycles. The van der Waals surface area contributed by atoms with Crippen molar-refractivity contribution < 1.29 is 9.50 Å². The topological polar surface area (TPSA) is 38.0 Å². The second-order valence-electron chi connectivity index (χ2n) is 3.66. The van der Waals surface area contributed by atoms with Gasteiger partial charge < -0.3 is 5.11 Å². The molecule has 1 N–H and O–H groups in total. The minimum absolute atomic E-state index is 0.249. The molecule has 1 heterocycles. The zero-order chi connectivity index (χ0) is 12.3. The van der Waals surface area contributed by atoms with Gasteiger partial charge in [0.2, 0.25) is 0 Å². The Hall–Kier alpha value is -1.33. The number of hydrogen-bond acceptors (Lipinski definition) is 3. The average Bonchev–Trinajstić information content (AvgIpc) is 2.74. The highest BCUT2D eigenvalue weighted by Crippen LogP contribution is 2.24. The SMILES string of the molecule is Cn1nccc1C(O)CSc1ccc(F)cc1. The Bertz CT molecular complexity index is 484. The van der Waals surface area contributed by atoms with Crippen LogP contribution in [0.3, 0.4) is 0 Å². The van der Waals surface area contributed by atoms with Gasteiger partial charge in [0.05, 0.1) is 5.69 Å². The number of aliphatic hydroxyl groups is 1. The molecule has 1 unspecified atom stereocenters. The van der Waals surface area contributed by atoms with Crippen molar-refractivity contribution >= 4 is 11.8 Å². The first-order valence-corrected chi connectivity index (χ1v) is 6.19. The van der Waals surface area contributed by atoms with Crippen molar-refractivity contribution in [2.75, 3.05) is 5.75 Å². The molecule has 0 saturated carbocycles. The summed E-state index contributed by atoms with van der Waals surface area (Å²) in [4.78, 5) is 0.938. The number of aromatic nitrogens is 2. The van der Waals surface area contributed by atoms with E-state index in [1.54, 1.807) is 36.1 Å². The second-order valence-corrected chi connectivity index (χ2v) is 4.75. The zero-order valence-corrected chi connectivity index (χ0v) is 10.2. The first kappa shape index (κ1) is 12.1. The lowest BCUT2D eigenvalue weighted by atomic mass is 10.3. The Morgan fingerprint density at radius 2 is 2.06 bits per heavy atom. The van der Waals surface area contributed by atoms with Crippen molar-refractivity contribution in [2.24, 2.45) is 7.05 Å². The first-order valence-electron chi connectivity index (χ1n) is 5.21. The molecular weight excluding hydrogens is 239 g/mol. The molecule has 0 aliphatic carbocycles. The van der Waals surface area contributed by atoms with Gasteiger partial charge in [-0.05, 0) is 30.3 Å². The van der Waals surface area contributed by atoms with E-state index in [-0.39, 0.29) is 5.82 Å². The van der Waals surface area contributed by atoms with Gasteiger partial charge in [0.1, 0.15) is 11.9 Å². The summed E-state index contributed by atoms with van der Waals surface area (Å²) in [5.74, 6) is 0.270. The zero-order valence-electron chi connectivity index (χ0n) is 9.38. The lowest BCUT2D eigenvalue weighted by Gasteiger charge is -2.10. The molecule has 17 heavy (non-hydrogen) atoms. The Balaban J connectivity index is 1.94. The van der Waals surface area contributed by atoms with Crippen LogP contribution in [0.2, 0.25) is 0 Å². The van der Waals surface area contributed by atoms with Crippen molar-refractivity contribution in [1.29, 1.82) is 0 Å². The monoisotopic (exact) mass is 252 g/mol. The minimum atomic E-state index is -0.572. The predicted octanol–water partition coefficient (Wildman–Crippen LogP) is 2.38. The summed E-state index contributed by atoms with van der Waals surface area (Å²) in [6.07, 6.45) is 1.08. The number of aliphatic hydroxyl groups excluding tert-OH is 1. The molecule has 0 fully saturated rings. The lowest BCUT2D eigenvalue weighted by molar-refractivity contribution is 0.193. The standard InChI is InChI=1S/C12H13FN2OS/c1-15-11(6-7-14-15)12(16)8-17-10-4-2-9(13)3-5-10/h2-7,12,16H,8H2,1H3. The van der Waals surface area contributed by atoms with Gasteiger partial charge in [0.25, 0.3) is 0 Å². The summed E-state index contributed by atoms with van der Waals surface area (Å²) in [5, 5.41) is 14.0. The molecule has 0 spiro atoms. The number of nitrogens with zero attached hydrogens (tertiary/aromatic N) is 2. The minimum Gasteiger partial charge on any atom is -0.386 e. The summed E-state index contributed by atoms with van der Waals surface area (Å²) in [6.45, 7) is 0. The van der Waals surface area contributed by atoms with Crippen LogP contribution < -0.4 is 0 Å². The molecule has 1 aromatic heterocycles. The Kier molecular flexibility index (Phi) is 3.81. The van der Waals surface area contributed by atoms with Gasteiger partial charge in [-0.15, -0.1) is 11.8 Å². The third-order valence-electron chi connectivity index (χ3n) is 2.42. The molecule has 2 rings (SSSR count). The highest BCUT2D eigenvalue weighted by molar-refractivity contribution is 7.99. The highest BCUT2D eigenvalue weighted by Gasteiger charge is 2.11. The van der Waals surface area contributed by atoms with E-state index in [0.29, 0.717) is 5.75 Å². The maximum atomic E-state index is 12.7. The fraction of sp³-hybridized carbons (Fsp3) is 0.250. The van der Waals surface area contributed by atoms with Gasteiger partial charge in [0.15, 0.2) is 0 Å². The number of rotatable bonds is 4. The van der Waals surface area contributed by atoms with Crippen molar-refractivity contribution in [3.05, 3.63) is 48.0 Å². The number of aryl methyl sites for hydroxylation is 1. The third kappa shape index (κ3) is 3.08. The smallest absolute Gasteiger partial charge is 0.123 e. The summed E-state index contributed by atoms with van der Waals surface area (Å²) >= 11 is 1.49. The number of thioether (sulfide) groups is 1. The Morgan fingerprint density at radius 1 is 1.35 bits per heavy atom. The van der Waals surface area contributed by atoms with E-state index in [2.05, 4.69) is 5.10 Å². The van der Waals surface area contributed by atoms with Crippen molar-refractivity contribution in [3.8, 4) is 0 Å². The first-order chi connectivity index (χ1) is 8.16.